The Morgan fingerprint density at radius 2 is 1.39 bits per heavy atom. The van der Waals surface area contributed by atoms with E-state index in [1.54, 1.807) is 24.3 Å². The molecule has 0 bridgehead atoms. The largest absolute Gasteiger partial charge is 0.508 e. The summed E-state index contributed by atoms with van der Waals surface area (Å²) in [4.78, 5) is 0. The van der Waals surface area contributed by atoms with Crippen LogP contribution in [0.15, 0.2) is 30.3 Å². The number of benzene rings is 2. The van der Waals surface area contributed by atoms with E-state index >= 15 is 0 Å². The molecule has 0 unspecified atom stereocenters. The van der Waals surface area contributed by atoms with Crippen LogP contribution in [0.1, 0.15) is 41.7 Å². The van der Waals surface area contributed by atoms with E-state index in [0.29, 0.717) is 16.7 Å². The maximum Gasteiger partial charge on any atom is 0.121 e. The van der Waals surface area contributed by atoms with E-state index in [1.165, 1.54) is 6.07 Å². The lowest BCUT2D eigenvalue weighted by atomic mass is 9.73. The zero-order valence-corrected chi connectivity index (χ0v) is 13.2. The first-order chi connectivity index (χ1) is 10.9. The Hall–Kier alpha value is -2.08. The fourth-order valence-electron chi connectivity index (χ4n) is 3.10. The Labute approximate surface area is 135 Å². The topological polar surface area (TPSA) is 101 Å². The molecule has 0 radical (unpaired) electrons. The Morgan fingerprint density at radius 1 is 0.826 bits per heavy atom. The molecular formula is C18H22O5. The summed E-state index contributed by atoms with van der Waals surface area (Å²) in [5.41, 5.74) is 2.08. The molecule has 0 atom stereocenters. The fraction of sp³-hybridized carbons (Fsp3) is 0.333. The van der Waals surface area contributed by atoms with Crippen LogP contribution in [-0.4, -0.2) is 25.5 Å². The van der Waals surface area contributed by atoms with E-state index in [-0.39, 0.29) is 30.3 Å². The normalized spacial score (nSPS) is 11.7. The highest BCUT2D eigenvalue weighted by Crippen LogP contribution is 2.40. The van der Waals surface area contributed by atoms with Crippen molar-refractivity contribution in [3.8, 4) is 11.5 Å². The van der Waals surface area contributed by atoms with Crippen molar-refractivity contribution in [3.05, 3.63) is 58.1 Å². The first-order valence-electron chi connectivity index (χ1n) is 7.36. The lowest BCUT2D eigenvalue weighted by molar-refractivity contribution is 0.249. The van der Waals surface area contributed by atoms with Crippen LogP contribution in [0.4, 0.5) is 0 Å². The van der Waals surface area contributed by atoms with Crippen LogP contribution in [-0.2, 0) is 25.2 Å². The molecule has 2 rings (SSSR count). The van der Waals surface area contributed by atoms with Crippen LogP contribution in [0.25, 0.3) is 0 Å². The van der Waals surface area contributed by atoms with Gasteiger partial charge in [0, 0.05) is 11.0 Å². The van der Waals surface area contributed by atoms with E-state index in [0.717, 1.165) is 5.56 Å². The molecule has 0 saturated carbocycles. The van der Waals surface area contributed by atoms with Gasteiger partial charge in [0.05, 0.1) is 19.8 Å². The SMILES string of the molecule is CC(C)(c1ccc(O)cc1)c1c(CO)cc(O)c(CO)c1CO. The van der Waals surface area contributed by atoms with Gasteiger partial charge < -0.3 is 25.5 Å². The van der Waals surface area contributed by atoms with Crippen molar-refractivity contribution >= 4 is 0 Å². The average Bonchev–Trinajstić information content (AvgIpc) is 2.53. The van der Waals surface area contributed by atoms with E-state index < -0.39 is 12.0 Å². The third-order valence-corrected chi connectivity index (χ3v) is 4.31. The molecule has 0 aliphatic carbocycles. The van der Waals surface area contributed by atoms with Gasteiger partial charge in [-0.15, -0.1) is 0 Å². The molecule has 0 amide bonds. The minimum Gasteiger partial charge on any atom is -0.508 e. The third-order valence-electron chi connectivity index (χ3n) is 4.31. The Morgan fingerprint density at radius 3 is 1.87 bits per heavy atom. The van der Waals surface area contributed by atoms with Crippen molar-refractivity contribution in [2.24, 2.45) is 0 Å². The molecular weight excluding hydrogens is 296 g/mol. The molecule has 2 aromatic carbocycles. The lowest BCUT2D eigenvalue weighted by Crippen LogP contribution is -2.24. The molecule has 0 spiro atoms. The quantitative estimate of drug-likeness (QED) is 0.580. The third kappa shape index (κ3) is 3.03. The summed E-state index contributed by atoms with van der Waals surface area (Å²) in [6, 6.07) is 8.10. The van der Waals surface area contributed by atoms with Crippen molar-refractivity contribution in [2.75, 3.05) is 0 Å². The van der Waals surface area contributed by atoms with Gasteiger partial charge in [-0.05, 0) is 40.5 Å². The van der Waals surface area contributed by atoms with Gasteiger partial charge in [0.1, 0.15) is 11.5 Å². The average molecular weight is 318 g/mol. The highest BCUT2D eigenvalue weighted by atomic mass is 16.3. The van der Waals surface area contributed by atoms with Crippen molar-refractivity contribution in [1.82, 2.24) is 0 Å². The molecule has 5 heteroatoms. The van der Waals surface area contributed by atoms with Crippen molar-refractivity contribution in [1.29, 1.82) is 0 Å². The molecule has 124 valence electrons. The molecule has 0 aliphatic heterocycles. The molecule has 0 fully saturated rings. The Bertz CT molecular complexity index is 690. The van der Waals surface area contributed by atoms with Crippen LogP contribution < -0.4 is 0 Å². The fourth-order valence-corrected chi connectivity index (χ4v) is 3.10. The molecule has 5 nitrogen and oxygen atoms in total. The van der Waals surface area contributed by atoms with Gasteiger partial charge in [-0.1, -0.05) is 26.0 Å². The van der Waals surface area contributed by atoms with Crippen LogP contribution in [0, 0.1) is 0 Å². The number of aliphatic hydroxyl groups is 3. The van der Waals surface area contributed by atoms with Crippen molar-refractivity contribution in [2.45, 2.75) is 39.1 Å². The smallest absolute Gasteiger partial charge is 0.121 e. The lowest BCUT2D eigenvalue weighted by Gasteiger charge is -2.32. The maximum atomic E-state index is 10.0. The first-order valence-corrected chi connectivity index (χ1v) is 7.36. The van der Waals surface area contributed by atoms with Gasteiger partial charge in [-0.25, -0.2) is 0 Å². The van der Waals surface area contributed by atoms with Crippen LogP contribution in [0.2, 0.25) is 0 Å². The molecule has 0 saturated heterocycles. The molecule has 2 aromatic rings. The van der Waals surface area contributed by atoms with Crippen molar-refractivity contribution < 1.29 is 25.5 Å². The number of aromatic hydroxyl groups is 2. The minimum absolute atomic E-state index is 0.147. The Kier molecular flexibility index (Phi) is 4.94. The van der Waals surface area contributed by atoms with Gasteiger partial charge in [0.15, 0.2) is 0 Å². The summed E-state index contributed by atoms with van der Waals surface area (Å²) in [6.07, 6.45) is 0. The number of rotatable bonds is 5. The maximum absolute atomic E-state index is 10.0. The first kappa shape index (κ1) is 17.3. The summed E-state index contributed by atoms with van der Waals surface area (Å²) in [5.74, 6) is 0.00178. The number of hydrogen-bond acceptors (Lipinski definition) is 5. The number of phenols is 2. The van der Waals surface area contributed by atoms with Crippen LogP contribution >= 0.6 is 0 Å². The number of aliphatic hydroxyl groups excluding tert-OH is 3. The molecule has 23 heavy (non-hydrogen) atoms. The van der Waals surface area contributed by atoms with E-state index in [9.17, 15) is 25.5 Å². The molecule has 0 aromatic heterocycles. The second-order valence-corrected chi connectivity index (χ2v) is 6.03. The highest BCUT2D eigenvalue weighted by molar-refractivity contribution is 5.54. The summed E-state index contributed by atoms with van der Waals surface area (Å²) < 4.78 is 0. The molecule has 0 heterocycles. The number of phenolic OH excluding ortho intramolecular Hbond substituents is 1. The highest BCUT2D eigenvalue weighted by Gasteiger charge is 2.30. The molecule has 5 N–H and O–H groups in total. The minimum atomic E-state index is -0.610. The zero-order chi connectivity index (χ0) is 17.2. The van der Waals surface area contributed by atoms with Gasteiger partial charge in [0.2, 0.25) is 0 Å². The van der Waals surface area contributed by atoms with Gasteiger partial charge >= 0.3 is 0 Å². The van der Waals surface area contributed by atoms with Crippen molar-refractivity contribution in [3.63, 3.8) is 0 Å². The second kappa shape index (κ2) is 6.58. The van der Waals surface area contributed by atoms with Gasteiger partial charge in [-0.3, -0.25) is 0 Å². The summed E-state index contributed by atoms with van der Waals surface area (Å²) in [6.45, 7) is 2.76. The van der Waals surface area contributed by atoms with E-state index in [4.69, 9.17) is 0 Å². The zero-order valence-electron chi connectivity index (χ0n) is 13.2. The summed E-state index contributed by atoms with van der Waals surface area (Å²) in [5, 5.41) is 48.5. The Balaban J connectivity index is 2.76. The summed E-state index contributed by atoms with van der Waals surface area (Å²) in [7, 11) is 0. The molecule has 0 aliphatic rings. The predicted molar refractivity (Wildman–Crippen MR) is 86.1 cm³/mol. The van der Waals surface area contributed by atoms with Gasteiger partial charge in [-0.2, -0.15) is 0 Å². The van der Waals surface area contributed by atoms with E-state index in [1.807, 2.05) is 13.8 Å². The van der Waals surface area contributed by atoms with Crippen LogP contribution in [0.3, 0.4) is 0 Å². The standard InChI is InChI=1S/C18H22O5/c1-18(2,12-3-5-13(22)6-4-12)17-11(8-19)7-16(23)14(9-20)15(17)10-21/h3-7,19-23H,8-10H2,1-2H3. The van der Waals surface area contributed by atoms with Crippen LogP contribution in [0.5, 0.6) is 11.5 Å². The van der Waals surface area contributed by atoms with Gasteiger partial charge in [0.25, 0.3) is 0 Å². The second-order valence-electron chi connectivity index (χ2n) is 6.03. The number of hydrogen-bond donors (Lipinski definition) is 5. The monoisotopic (exact) mass is 318 g/mol. The summed E-state index contributed by atoms with van der Waals surface area (Å²) >= 11 is 0. The van der Waals surface area contributed by atoms with E-state index in [2.05, 4.69) is 0 Å². The predicted octanol–water partition coefficient (Wildman–Crippen LogP) is 1.90.